The van der Waals surface area contributed by atoms with Crippen LogP contribution in [0.1, 0.15) is 44.5 Å². The van der Waals surface area contributed by atoms with E-state index < -0.39 is 16.4 Å². The van der Waals surface area contributed by atoms with Crippen molar-refractivity contribution in [3.8, 4) is 0 Å². The maximum absolute atomic E-state index is 12.4. The minimum absolute atomic E-state index is 0.196. The summed E-state index contributed by atoms with van der Waals surface area (Å²) in [5.74, 6) is -0.799. The maximum atomic E-state index is 12.4. The van der Waals surface area contributed by atoms with E-state index in [-0.39, 0.29) is 10.6 Å². The Labute approximate surface area is 228 Å². The molecule has 0 bridgehead atoms. The van der Waals surface area contributed by atoms with Crippen molar-refractivity contribution in [3.05, 3.63) is 143 Å². The van der Waals surface area contributed by atoms with E-state index in [1.54, 1.807) is 12.1 Å². The first kappa shape index (κ1) is 30.6. The maximum Gasteiger partial charge on any atom is 0.304 e. The molecule has 2 N–H and O–H groups in total. The highest BCUT2D eigenvalue weighted by Gasteiger charge is 2.15. The molecule has 4 aromatic carbocycles. The summed E-state index contributed by atoms with van der Waals surface area (Å²) >= 11 is 0. The molecule has 0 radical (unpaired) electrons. The lowest BCUT2D eigenvalue weighted by Gasteiger charge is -2.11. The van der Waals surface area contributed by atoms with Crippen LogP contribution in [0.3, 0.4) is 0 Å². The van der Waals surface area contributed by atoms with Gasteiger partial charge in [-0.25, -0.2) is 0 Å². The number of hydrogen-bond acceptors (Lipinski definition) is 5. The van der Waals surface area contributed by atoms with Gasteiger partial charge in [0.05, 0.1) is 9.85 Å². The average molecular weight is 532 g/mol. The number of nitrogen functional groups attached to an aromatic ring is 1. The van der Waals surface area contributed by atoms with E-state index in [1.807, 2.05) is 26.0 Å². The Kier molecular flexibility index (Phi) is 10.8. The van der Waals surface area contributed by atoms with Gasteiger partial charge < -0.3 is 5.73 Å². The summed E-state index contributed by atoms with van der Waals surface area (Å²) in [6, 6.07) is 20.4. The summed E-state index contributed by atoms with van der Waals surface area (Å²) in [4.78, 5) is 20.0. The zero-order valence-corrected chi connectivity index (χ0v) is 23.1. The van der Waals surface area contributed by atoms with Crippen LogP contribution < -0.4 is 5.73 Å². The van der Waals surface area contributed by atoms with E-state index in [2.05, 4.69) is 52.0 Å². The third-order valence-electron chi connectivity index (χ3n) is 6.18. The summed E-state index contributed by atoms with van der Waals surface area (Å²) in [7, 11) is 0. The van der Waals surface area contributed by atoms with Crippen molar-refractivity contribution >= 4 is 17.1 Å². The van der Waals surface area contributed by atoms with E-state index in [4.69, 9.17) is 5.73 Å². The normalized spacial score (nSPS) is 10.0. The number of nitrogens with two attached hydrogens (primary N) is 1. The number of rotatable bonds is 4. The van der Waals surface area contributed by atoms with Gasteiger partial charge in [0.25, 0.3) is 5.69 Å². The fraction of sp³-hybridized carbons (Fsp3) is 0.226. The van der Waals surface area contributed by atoms with Gasteiger partial charge in [-0.2, -0.15) is 4.39 Å². The molecule has 0 aliphatic rings. The topological polar surface area (TPSA) is 112 Å². The monoisotopic (exact) mass is 531 g/mol. The van der Waals surface area contributed by atoms with Crippen LogP contribution in [0.5, 0.6) is 0 Å². The number of nitro benzene ring substituents is 2. The molecule has 0 atom stereocenters. The molecule has 0 amide bonds. The molecule has 0 unspecified atom stereocenters. The Morgan fingerprint density at radius 2 is 1.08 bits per heavy atom. The van der Waals surface area contributed by atoms with E-state index in [0.717, 1.165) is 23.4 Å². The van der Waals surface area contributed by atoms with Crippen molar-refractivity contribution in [2.45, 2.75) is 48.0 Å². The molecule has 0 saturated heterocycles. The number of aryl methyl sites for hydroxylation is 6. The quantitative estimate of drug-likeness (QED) is 0.163. The Bertz CT molecular complexity index is 1440. The molecule has 0 aliphatic carbocycles. The number of halogens is 1. The standard InChI is InChI=1S/C16H17NO2.C9H13N.C6H4FNO2/c1-11-8-12(2)15(13(3)9-11)10-14-6-4-5-7-16(14)17(18)19;1-6-4-7(2)9(10)8(3)5-6;7-5-3-1-2-4-6(5)8(9)10/h4-9H,10H2,1-3H3;4-5H,10H2,1-3H3;1-4H. The average Bonchev–Trinajstić information content (AvgIpc) is 2.85. The van der Waals surface area contributed by atoms with Crippen LogP contribution in [-0.2, 0) is 6.42 Å². The minimum atomic E-state index is -0.799. The van der Waals surface area contributed by atoms with Crippen LogP contribution in [0.15, 0.2) is 72.8 Å². The van der Waals surface area contributed by atoms with Crippen LogP contribution in [0.25, 0.3) is 0 Å². The number of anilines is 1. The lowest BCUT2D eigenvalue weighted by atomic mass is 9.94. The summed E-state index contributed by atoms with van der Waals surface area (Å²) in [5.41, 5.74) is 15.6. The summed E-state index contributed by atoms with van der Waals surface area (Å²) in [6.45, 7) is 12.3. The zero-order valence-electron chi connectivity index (χ0n) is 23.1. The first-order valence-electron chi connectivity index (χ1n) is 12.3. The Morgan fingerprint density at radius 3 is 1.51 bits per heavy atom. The largest absolute Gasteiger partial charge is 0.398 e. The molecule has 0 aliphatic heterocycles. The van der Waals surface area contributed by atoms with Crippen LogP contribution in [-0.4, -0.2) is 9.85 Å². The van der Waals surface area contributed by atoms with Gasteiger partial charge in [-0.1, -0.05) is 65.7 Å². The molecule has 0 fully saturated rings. The van der Waals surface area contributed by atoms with Crippen LogP contribution in [0, 0.1) is 67.6 Å². The summed E-state index contributed by atoms with van der Waals surface area (Å²) in [5, 5.41) is 21.0. The molecule has 0 saturated carbocycles. The molecule has 0 aromatic heterocycles. The van der Waals surface area contributed by atoms with Gasteiger partial charge in [-0.15, -0.1) is 0 Å². The van der Waals surface area contributed by atoms with Crippen molar-refractivity contribution in [3.63, 3.8) is 0 Å². The second kappa shape index (κ2) is 13.8. The number of nitrogens with zero attached hydrogens (tertiary/aromatic N) is 2. The SMILES string of the molecule is Cc1cc(C)c(Cc2ccccc2[N+](=O)[O-])c(C)c1.Cc1cc(C)c(N)c(C)c1.O=[N+]([O-])c1ccccc1F. The number of benzene rings is 4. The molecule has 4 aromatic rings. The van der Waals surface area contributed by atoms with Gasteiger partial charge in [0.2, 0.25) is 5.82 Å². The van der Waals surface area contributed by atoms with E-state index in [1.165, 1.54) is 51.1 Å². The van der Waals surface area contributed by atoms with Crippen molar-refractivity contribution in [1.29, 1.82) is 0 Å². The van der Waals surface area contributed by atoms with Crippen molar-refractivity contribution in [1.82, 2.24) is 0 Å². The van der Waals surface area contributed by atoms with Crippen LogP contribution >= 0.6 is 0 Å². The molecule has 0 heterocycles. The first-order valence-corrected chi connectivity index (χ1v) is 12.3. The third kappa shape index (κ3) is 8.74. The van der Waals surface area contributed by atoms with Gasteiger partial charge in [0, 0.05) is 29.8 Å². The highest BCUT2D eigenvalue weighted by Crippen LogP contribution is 2.25. The Morgan fingerprint density at radius 1 is 0.667 bits per heavy atom. The molecule has 7 nitrogen and oxygen atoms in total. The van der Waals surface area contributed by atoms with E-state index in [0.29, 0.717) is 6.42 Å². The molecule has 39 heavy (non-hydrogen) atoms. The number of nitro groups is 2. The third-order valence-corrected chi connectivity index (χ3v) is 6.18. The molecule has 8 heteroatoms. The van der Waals surface area contributed by atoms with Gasteiger partial charge in [-0.05, 0) is 75.4 Å². The smallest absolute Gasteiger partial charge is 0.304 e. The lowest BCUT2D eigenvalue weighted by Crippen LogP contribution is -2.00. The predicted molar refractivity (Wildman–Crippen MR) is 155 cm³/mol. The highest BCUT2D eigenvalue weighted by atomic mass is 19.1. The van der Waals surface area contributed by atoms with Crippen LogP contribution in [0.2, 0.25) is 0 Å². The van der Waals surface area contributed by atoms with Crippen LogP contribution in [0.4, 0.5) is 21.5 Å². The summed E-state index contributed by atoms with van der Waals surface area (Å²) in [6.07, 6.45) is 0.606. The molecule has 4 rings (SSSR count). The van der Waals surface area contributed by atoms with Gasteiger partial charge in [0.15, 0.2) is 0 Å². The van der Waals surface area contributed by atoms with E-state index in [9.17, 15) is 24.6 Å². The molecular weight excluding hydrogens is 497 g/mol. The van der Waals surface area contributed by atoms with Gasteiger partial charge in [-0.3, -0.25) is 20.2 Å². The van der Waals surface area contributed by atoms with Crippen molar-refractivity contribution in [2.75, 3.05) is 5.73 Å². The second-order valence-corrected chi connectivity index (χ2v) is 9.46. The Balaban J connectivity index is 0.000000225. The lowest BCUT2D eigenvalue weighted by molar-refractivity contribution is -0.387. The Hall–Kier alpha value is -4.59. The molecule has 0 spiro atoms. The zero-order chi connectivity index (χ0) is 29.3. The van der Waals surface area contributed by atoms with E-state index >= 15 is 0 Å². The van der Waals surface area contributed by atoms with Gasteiger partial charge in [0.1, 0.15) is 0 Å². The number of hydrogen-bond donors (Lipinski definition) is 1. The van der Waals surface area contributed by atoms with Crippen molar-refractivity contribution < 1.29 is 14.2 Å². The number of para-hydroxylation sites is 2. The minimum Gasteiger partial charge on any atom is -0.398 e. The highest BCUT2D eigenvalue weighted by molar-refractivity contribution is 5.54. The van der Waals surface area contributed by atoms with Crippen molar-refractivity contribution in [2.24, 2.45) is 0 Å². The second-order valence-electron chi connectivity index (χ2n) is 9.46. The molecular formula is C31H34FN3O4. The molecule has 204 valence electrons. The first-order chi connectivity index (χ1) is 18.3. The fourth-order valence-corrected chi connectivity index (χ4v) is 4.31. The predicted octanol–water partition coefficient (Wildman–Crippen LogP) is 8.04. The van der Waals surface area contributed by atoms with Gasteiger partial charge >= 0.3 is 5.69 Å². The summed E-state index contributed by atoms with van der Waals surface area (Å²) < 4.78 is 12.4. The fourth-order valence-electron chi connectivity index (χ4n) is 4.31.